The van der Waals surface area contributed by atoms with Gasteiger partial charge < -0.3 is 19.6 Å². The molecular weight excluding hydrogens is 264 g/mol. The SMILES string of the molecule is CC(=O)N1CCCN(C(=O)[C@@H]2CC[C@H](C(=O)O)O2)CC1. The van der Waals surface area contributed by atoms with Crippen molar-refractivity contribution in [3.8, 4) is 0 Å². The Balaban J connectivity index is 1.90. The number of carbonyl (C=O) groups excluding carboxylic acids is 2. The Labute approximate surface area is 117 Å². The van der Waals surface area contributed by atoms with Crippen molar-refractivity contribution in [2.24, 2.45) is 0 Å². The van der Waals surface area contributed by atoms with Crippen molar-refractivity contribution in [2.75, 3.05) is 26.2 Å². The van der Waals surface area contributed by atoms with Crippen molar-refractivity contribution in [1.29, 1.82) is 0 Å². The first-order valence-corrected chi connectivity index (χ1v) is 6.91. The van der Waals surface area contributed by atoms with Gasteiger partial charge in [0, 0.05) is 33.1 Å². The topological polar surface area (TPSA) is 87.2 Å². The lowest BCUT2D eigenvalue weighted by Gasteiger charge is -2.24. The fraction of sp³-hybridized carbons (Fsp3) is 0.769. The number of rotatable bonds is 2. The van der Waals surface area contributed by atoms with E-state index in [2.05, 4.69) is 0 Å². The first-order valence-electron chi connectivity index (χ1n) is 6.91. The fourth-order valence-corrected chi connectivity index (χ4v) is 2.66. The molecule has 7 nitrogen and oxygen atoms in total. The first kappa shape index (κ1) is 14.8. The molecule has 0 aliphatic carbocycles. The number of nitrogens with zero attached hydrogens (tertiary/aromatic N) is 2. The lowest BCUT2D eigenvalue weighted by atomic mass is 10.2. The van der Waals surface area contributed by atoms with Crippen molar-refractivity contribution >= 4 is 17.8 Å². The van der Waals surface area contributed by atoms with Gasteiger partial charge >= 0.3 is 5.97 Å². The van der Waals surface area contributed by atoms with Crippen LogP contribution < -0.4 is 0 Å². The molecule has 2 aliphatic heterocycles. The minimum atomic E-state index is -1.01. The molecule has 2 amide bonds. The first-order chi connectivity index (χ1) is 9.49. The maximum Gasteiger partial charge on any atom is 0.332 e. The summed E-state index contributed by atoms with van der Waals surface area (Å²) >= 11 is 0. The van der Waals surface area contributed by atoms with E-state index < -0.39 is 18.2 Å². The summed E-state index contributed by atoms with van der Waals surface area (Å²) in [6.45, 7) is 3.77. The minimum absolute atomic E-state index is 0.0161. The third-order valence-corrected chi connectivity index (χ3v) is 3.82. The number of hydrogen-bond acceptors (Lipinski definition) is 4. The summed E-state index contributed by atoms with van der Waals surface area (Å²) in [5.74, 6) is -1.15. The number of carbonyl (C=O) groups is 3. The summed E-state index contributed by atoms with van der Waals surface area (Å²) in [7, 11) is 0. The summed E-state index contributed by atoms with van der Waals surface area (Å²) in [5, 5.41) is 8.87. The maximum atomic E-state index is 12.3. The monoisotopic (exact) mass is 284 g/mol. The normalized spacial score (nSPS) is 27.2. The second-order valence-corrected chi connectivity index (χ2v) is 5.21. The Hall–Kier alpha value is -1.63. The van der Waals surface area contributed by atoms with Gasteiger partial charge in [-0.25, -0.2) is 4.79 Å². The summed E-state index contributed by atoms with van der Waals surface area (Å²) in [5.41, 5.74) is 0. The highest BCUT2D eigenvalue weighted by atomic mass is 16.5. The van der Waals surface area contributed by atoms with E-state index in [-0.39, 0.29) is 11.8 Å². The zero-order valence-electron chi connectivity index (χ0n) is 11.6. The molecule has 2 atom stereocenters. The molecule has 0 spiro atoms. The quantitative estimate of drug-likeness (QED) is 0.752. The van der Waals surface area contributed by atoms with E-state index >= 15 is 0 Å². The predicted octanol–water partition coefficient (Wildman–Crippen LogP) is -0.301. The van der Waals surface area contributed by atoms with Gasteiger partial charge in [-0.05, 0) is 19.3 Å². The summed E-state index contributed by atoms with van der Waals surface area (Å²) in [4.78, 5) is 37.9. The maximum absolute atomic E-state index is 12.3. The third-order valence-electron chi connectivity index (χ3n) is 3.82. The van der Waals surface area contributed by atoms with Gasteiger partial charge in [-0.2, -0.15) is 0 Å². The van der Waals surface area contributed by atoms with E-state index in [0.717, 1.165) is 6.42 Å². The molecule has 0 aromatic carbocycles. The molecule has 2 heterocycles. The Morgan fingerprint density at radius 2 is 1.60 bits per heavy atom. The third kappa shape index (κ3) is 3.27. The van der Waals surface area contributed by atoms with Crippen molar-refractivity contribution in [3.05, 3.63) is 0 Å². The van der Waals surface area contributed by atoms with Gasteiger partial charge in [-0.1, -0.05) is 0 Å². The predicted molar refractivity (Wildman–Crippen MR) is 69.0 cm³/mol. The van der Waals surface area contributed by atoms with Gasteiger partial charge in [0.15, 0.2) is 6.10 Å². The number of carboxylic acids is 1. The number of ether oxygens (including phenoxy) is 1. The molecule has 20 heavy (non-hydrogen) atoms. The smallest absolute Gasteiger partial charge is 0.332 e. The van der Waals surface area contributed by atoms with Crippen LogP contribution in [0.4, 0.5) is 0 Å². The summed E-state index contributed by atoms with van der Waals surface area (Å²) in [6.07, 6.45) is 0.0343. The molecule has 112 valence electrons. The van der Waals surface area contributed by atoms with Gasteiger partial charge in [-0.3, -0.25) is 9.59 Å². The van der Waals surface area contributed by atoms with Crippen LogP contribution in [0.25, 0.3) is 0 Å². The van der Waals surface area contributed by atoms with Crippen LogP contribution in [0.3, 0.4) is 0 Å². The minimum Gasteiger partial charge on any atom is -0.479 e. The molecule has 2 fully saturated rings. The van der Waals surface area contributed by atoms with E-state index in [1.165, 1.54) is 6.92 Å². The van der Waals surface area contributed by atoms with Crippen LogP contribution in [-0.4, -0.2) is 71.1 Å². The number of carboxylic acid groups (broad SMARTS) is 1. The number of hydrogen-bond donors (Lipinski definition) is 1. The second-order valence-electron chi connectivity index (χ2n) is 5.21. The van der Waals surface area contributed by atoms with Crippen LogP contribution in [0, 0.1) is 0 Å². The molecule has 1 N–H and O–H groups in total. The van der Waals surface area contributed by atoms with Crippen LogP contribution in [0.5, 0.6) is 0 Å². The molecular formula is C13H20N2O5. The molecule has 0 aromatic heterocycles. The lowest BCUT2D eigenvalue weighted by Crippen LogP contribution is -2.42. The highest BCUT2D eigenvalue weighted by Crippen LogP contribution is 2.22. The summed E-state index contributed by atoms with van der Waals surface area (Å²) < 4.78 is 5.28. The van der Waals surface area contributed by atoms with E-state index in [1.807, 2.05) is 0 Å². The van der Waals surface area contributed by atoms with Crippen LogP contribution >= 0.6 is 0 Å². The van der Waals surface area contributed by atoms with Crippen LogP contribution in [-0.2, 0) is 19.1 Å². The highest BCUT2D eigenvalue weighted by molar-refractivity contribution is 5.83. The average molecular weight is 284 g/mol. The Kier molecular flexibility index (Phi) is 4.59. The van der Waals surface area contributed by atoms with E-state index in [1.54, 1.807) is 9.80 Å². The molecule has 0 aromatic rings. The molecule has 0 saturated carbocycles. The van der Waals surface area contributed by atoms with Crippen LogP contribution in [0.1, 0.15) is 26.2 Å². The molecule has 2 aliphatic rings. The lowest BCUT2D eigenvalue weighted by molar-refractivity contribution is -0.154. The Bertz CT molecular complexity index is 412. The number of amides is 2. The highest BCUT2D eigenvalue weighted by Gasteiger charge is 2.37. The zero-order valence-corrected chi connectivity index (χ0v) is 11.6. The van der Waals surface area contributed by atoms with Gasteiger partial charge in [0.25, 0.3) is 5.91 Å². The van der Waals surface area contributed by atoms with Crippen molar-refractivity contribution in [2.45, 2.75) is 38.4 Å². The molecule has 0 radical (unpaired) electrons. The largest absolute Gasteiger partial charge is 0.479 e. The standard InChI is InChI=1S/C13H20N2O5/c1-9(16)14-5-2-6-15(8-7-14)12(17)10-3-4-11(20-10)13(18)19/h10-11H,2-8H2,1H3,(H,18,19)/t10-,11+/m0/s1. The second kappa shape index (κ2) is 6.21. The van der Waals surface area contributed by atoms with Gasteiger partial charge in [0.2, 0.25) is 5.91 Å². The van der Waals surface area contributed by atoms with Crippen LogP contribution in [0.2, 0.25) is 0 Å². The molecule has 0 unspecified atom stereocenters. The van der Waals surface area contributed by atoms with Gasteiger partial charge in [0.05, 0.1) is 0 Å². The number of aliphatic carboxylic acids is 1. The van der Waals surface area contributed by atoms with Crippen molar-refractivity contribution < 1.29 is 24.2 Å². The molecule has 2 rings (SSSR count). The van der Waals surface area contributed by atoms with E-state index in [9.17, 15) is 14.4 Å². The molecule has 7 heteroatoms. The van der Waals surface area contributed by atoms with Crippen LogP contribution in [0.15, 0.2) is 0 Å². The van der Waals surface area contributed by atoms with Gasteiger partial charge in [0.1, 0.15) is 6.10 Å². The van der Waals surface area contributed by atoms with Crippen molar-refractivity contribution in [3.63, 3.8) is 0 Å². The van der Waals surface area contributed by atoms with E-state index in [4.69, 9.17) is 9.84 Å². The molecule has 2 saturated heterocycles. The van der Waals surface area contributed by atoms with E-state index in [0.29, 0.717) is 39.0 Å². The fourth-order valence-electron chi connectivity index (χ4n) is 2.66. The Morgan fingerprint density at radius 3 is 2.20 bits per heavy atom. The zero-order chi connectivity index (χ0) is 14.7. The summed E-state index contributed by atoms with van der Waals surface area (Å²) in [6, 6.07) is 0. The Morgan fingerprint density at radius 1 is 1.00 bits per heavy atom. The molecule has 0 bridgehead atoms. The van der Waals surface area contributed by atoms with Crippen molar-refractivity contribution in [1.82, 2.24) is 9.80 Å². The average Bonchev–Trinajstić information content (AvgIpc) is 2.76. The van der Waals surface area contributed by atoms with Gasteiger partial charge in [-0.15, -0.1) is 0 Å².